The Labute approximate surface area is 198 Å². The minimum atomic E-state index is -0.00451. The zero-order chi connectivity index (χ0) is 22.0. The zero-order valence-corrected chi connectivity index (χ0v) is 19.7. The molecular weight excluding hydrogens is 496 g/mol. The minimum Gasteiger partial charge on any atom is -0.493 e. The van der Waals surface area contributed by atoms with Gasteiger partial charge in [-0.15, -0.1) is 10.2 Å². The quantitative estimate of drug-likeness (QED) is 0.218. The van der Waals surface area contributed by atoms with Crippen molar-refractivity contribution < 1.29 is 5.11 Å². The van der Waals surface area contributed by atoms with Gasteiger partial charge >= 0.3 is 0 Å². The van der Waals surface area contributed by atoms with Crippen molar-refractivity contribution in [2.45, 2.75) is 13.5 Å². The van der Waals surface area contributed by atoms with E-state index in [0.29, 0.717) is 17.3 Å². The molecule has 1 heterocycles. The summed E-state index contributed by atoms with van der Waals surface area (Å²) in [6.07, 6.45) is 0. The van der Waals surface area contributed by atoms with Crippen molar-refractivity contribution in [3.05, 3.63) is 87.4 Å². The van der Waals surface area contributed by atoms with Crippen LogP contribution in [-0.4, -0.2) is 14.8 Å². The lowest BCUT2D eigenvalue weighted by molar-refractivity contribution is 0.429. The van der Waals surface area contributed by atoms with Crippen LogP contribution in [0.2, 0.25) is 5.02 Å². The number of aromatic hydroxyl groups is 1. The summed E-state index contributed by atoms with van der Waals surface area (Å²) in [5.74, 6) is -0.00451. The van der Waals surface area contributed by atoms with E-state index in [4.69, 9.17) is 23.8 Å². The van der Waals surface area contributed by atoms with Gasteiger partial charge in [0.25, 0.3) is 0 Å². The van der Waals surface area contributed by atoms with Crippen LogP contribution < -0.4 is 5.32 Å². The maximum absolute atomic E-state index is 11.0. The molecule has 0 unspecified atom stereocenters. The molecular formula is C23H18BrClN4OS. The van der Waals surface area contributed by atoms with Gasteiger partial charge in [0.1, 0.15) is 0 Å². The second-order valence-corrected chi connectivity index (χ2v) is 8.72. The first-order valence-corrected chi connectivity index (χ1v) is 11.0. The van der Waals surface area contributed by atoms with E-state index in [1.54, 1.807) is 4.57 Å². The topological polar surface area (TPSA) is 61.9 Å². The number of hydrogen-bond donors (Lipinski definition) is 2. The monoisotopic (exact) mass is 512 g/mol. The number of nitrogens with one attached hydrogen (secondary N) is 1. The number of azo groups is 1. The normalized spacial score (nSPS) is 11.3. The van der Waals surface area contributed by atoms with E-state index in [0.717, 1.165) is 32.2 Å². The number of halogens is 2. The van der Waals surface area contributed by atoms with Gasteiger partial charge in [-0.1, -0.05) is 57.9 Å². The van der Waals surface area contributed by atoms with Crippen molar-refractivity contribution in [1.82, 2.24) is 4.57 Å². The molecule has 0 amide bonds. The van der Waals surface area contributed by atoms with Crippen LogP contribution in [-0.2, 0) is 6.54 Å². The van der Waals surface area contributed by atoms with Crippen LogP contribution in [0.15, 0.2) is 81.4 Å². The number of aryl methyl sites for hydroxylation is 1. The van der Waals surface area contributed by atoms with Gasteiger partial charge in [-0.3, -0.25) is 0 Å². The molecule has 8 heteroatoms. The van der Waals surface area contributed by atoms with Crippen LogP contribution in [0.1, 0.15) is 11.1 Å². The fourth-order valence-electron chi connectivity index (χ4n) is 3.32. The van der Waals surface area contributed by atoms with Crippen molar-refractivity contribution >= 4 is 67.1 Å². The predicted molar refractivity (Wildman–Crippen MR) is 134 cm³/mol. The molecule has 4 rings (SSSR count). The minimum absolute atomic E-state index is 0.00451. The van der Waals surface area contributed by atoms with Gasteiger partial charge < -0.3 is 15.0 Å². The average molecular weight is 514 g/mol. The second-order valence-electron chi connectivity index (χ2n) is 7.01. The molecule has 5 nitrogen and oxygen atoms in total. The van der Waals surface area contributed by atoms with Gasteiger partial charge in [-0.05, 0) is 66.7 Å². The smallest absolute Gasteiger partial charge is 0.221 e. The molecule has 31 heavy (non-hydrogen) atoms. The lowest BCUT2D eigenvalue weighted by atomic mass is 10.2. The molecule has 0 saturated heterocycles. The van der Waals surface area contributed by atoms with Crippen molar-refractivity contribution in [2.75, 3.05) is 5.32 Å². The van der Waals surface area contributed by atoms with Crippen LogP contribution >= 0.6 is 39.7 Å². The van der Waals surface area contributed by atoms with Crippen LogP contribution in [0.5, 0.6) is 5.88 Å². The van der Waals surface area contributed by atoms with Gasteiger partial charge in [0.15, 0.2) is 5.69 Å². The summed E-state index contributed by atoms with van der Waals surface area (Å²) in [6.45, 7) is 2.39. The number of hydrogen-bond acceptors (Lipinski definition) is 3. The molecule has 0 aliphatic rings. The van der Waals surface area contributed by atoms with Crippen molar-refractivity contribution in [2.24, 2.45) is 10.2 Å². The summed E-state index contributed by atoms with van der Waals surface area (Å²) in [7, 11) is 0. The molecule has 156 valence electrons. The largest absolute Gasteiger partial charge is 0.493 e. The van der Waals surface area contributed by atoms with Crippen LogP contribution in [0.25, 0.3) is 10.9 Å². The first-order valence-electron chi connectivity index (χ1n) is 9.46. The van der Waals surface area contributed by atoms with E-state index in [9.17, 15) is 5.11 Å². The first kappa shape index (κ1) is 21.5. The van der Waals surface area contributed by atoms with Crippen molar-refractivity contribution in [3.8, 4) is 5.88 Å². The fraction of sp³-hybridized carbons (Fsp3) is 0.0870. The van der Waals surface area contributed by atoms with E-state index >= 15 is 0 Å². The van der Waals surface area contributed by atoms with Crippen molar-refractivity contribution in [1.29, 1.82) is 0 Å². The van der Waals surface area contributed by atoms with E-state index in [2.05, 4.69) is 31.5 Å². The highest BCUT2D eigenvalue weighted by atomic mass is 79.9. The van der Waals surface area contributed by atoms with Gasteiger partial charge in [-0.25, -0.2) is 0 Å². The summed E-state index contributed by atoms with van der Waals surface area (Å²) in [6, 6.07) is 21.1. The summed E-state index contributed by atoms with van der Waals surface area (Å²) in [4.78, 5) is 0. The van der Waals surface area contributed by atoms with Crippen molar-refractivity contribution in [3.63, 3.8) is 0 Å². The Morgan fingerprint density at radius 1 is 1.13 bits per heavy atom. The lowest BCUT2D eigenvalue weighted by Crippen LogP contribution is -2.04. The summed E-state index contributed by atoms with van der Waals surface area (Å²) in [5.41, 5.74) is 3.98. The van der Waals surface area contributed by atoms with Gasteiger partial charge in [0.2, 0.25) is 11.0 Å². The second kappa shape index (κ2) is 9.18. The first-order chi connectivity index (χ1) is 14.9. The highest BCUT2D eigenvalue weighted by Gasteiger charge is 2.18. The Morgan fingerprint density at radius 3 is 2.71 bits per heavy atom. The molecule has 0 atom stereocenters. The molecule has 1 aromatic heterocycles. The Balaban J connectivity index is 1.69. The molecule has 2 N–H and O–H groups in total. The number of anilines is 1. The van der Waals surface area contributed by atoms with Crippen LogP contribution in [0.4, 0.5) is 11.4 Å². The third kappa shape index (κ3) is 4.79. The molecule has 4 aromatic rings. The molecule has 0 aliphatic heterocycles. The van der Waals surface area contributed by atoms with E-state index < -0.39 is 0 Å². The predicted octanol–water partition coefficient (Wildman–Crippen LogP) is 7.60. The van der Waals surface area contributed by atoms with E-state index in [1.165, 1.54) is 0 Å². The number of thiocarbonyl (C=S) groups is 1. The number of aromatic nitrogens is 1. The zero-order valence-electron chi connectivity index (χ0n) is 16.5. The molecule has 3 aromatic carbocycles. The van der Waals surface area contributed by atoms with Crippen LogP contribution in [0, 0.1) is 6.92 Å². The van der Waals surface area contributed by atoms with E-state index in [-0.39, 0.29) is 11.0 Å². The van der Waals surface area contributed by atoms with Gasteiger partial charge in [0, 0.05) is 20.6 Å². The SMILES string of the molecule is Cc1cccc(NC(=S)N=Nc2c(O)n(Cc3ccccc3Cl)c3ccc(Br)cc23)c1. The molecule has 0 saturated carbocycles. The highest BCUT2D eigenvalue weighted by Crippen LogP contribution is 2.41. The Morgan fingerprint density at radius 2 is 1.94 bits per heavy atom. The maximum Gasteiger partial charge on any atom is 0.221 e. The number of fused-ring (bicyclic) bond motifs is 1. The molecule has 0 aliphatic carbocycles. The third-order valence-electron chi connectivity index (χ3n) is 4.77. The number of rotatable bonds is 4. The number of nitrogens with zero attached hydrogens (tertiary/aromatic N) is 3. The summed E-state index contributed by atoms with van der Waals surface area (Å²) < 4.78 is 2.63. The average Bonchev–Trinajstić information content (AvgIpc) is 2.98. The Hall–Kier alpha value is -2.74. The maximum atomic E-state index is 11.0. The van der Waals surface area contributed by atoms with Crippen LogP contribution in [0.3, 0.4) is 0 Å². The highest BCUT2D eigenvalue weighted by molar-refractivity contribution is 9.10. The van der Waals surface area contributed by atoms with Gasteiger partial charge in [0.05, 0.1) is 12.1 Å². The lowest BCUT2D eigenvalue weighted by Gasteiger charge is -2.08. The molecule has 0 fully saturated rings. The molecule has 0 radical (unpaired) electrons. The standard InChI is InChI=1S/C23H18BrClN4OS/c1-14-5-4-7-17(11-14)26-23(31)28-27-21-18-12-16(24)9-10-20(18)29(22(21)30)13-15-6-2-3-8-19(15)25/h2-12,30H,13H2,1H3,(H,26,31). The Bertz CT molecular complexity index is 1320. The summed E-state index contributed by atoms with van der Waals surface area (Å²) in [5, 5.41) is 24.0. The van der Waals surface area contributed by atoms with E-state index in [1.807, 2.05) is 73.7 Å². The fourth-order valence-corrected chi connectivity index (χ4v) is 4.03. The third-order valence-corrected chi connectivity index (χ3v) is 5.81. The summed E-state index contributed by atoms with van der Waals surface area (Å²) >= 11 is 15.1. The number of benzene rings is 3. The molecule has 0 bridgehead atoms. The van der Waals surface area contributed by atoms with Gasteiger partial charge in [-0.2, -0.15) is 0 Å². The molecule has 0 spiro atoms. The Kier molecular flexibility index (Phi) is 6.36.